The van der Waals surface area contributed by atoms with Gasteiger partial charge in [-0.1, -0.05) is 0 Å². The molecule has 12 N–H and O–H groups in total. The summed E-state index contributed by atoms with van der Waals surface area (Å²) in [5, 5.41) is 119. The molecule has 0 aromatic rings. The van der Waals surface area contributed by atoms with Crippen LogP contribution in [0.15, 0.2) is 0 Å². The summed E-state index contributed by atoms with van der Waals surface area (Å²) in [5.41, 5.74) is 0. The first-order chi connectivity index (χ1) is 18.9. The van der Waals surface area contributed by atoms with Gasteiger partial charge in [-0.3, -0.25) is 0 Å². The van der Waals surface area contributed by atoms with E-state index in [1.165, 1.54) is 0 Å². The lowest BCUT2D eigenvalue weighted by Gasteiger charge is -2.41. The summed E-state index contributed by atoms with van der Waals surface area (Å²) >= 11 is 0. The van der Waals surface area contributed by atoms with Gasteiger partial charge in [0.05, 0.1) is 39.6 Å². The van der Waals surface area contributed by atoms with Gasteiger partial charge in [0.2, 0.25) is 0 Å². The summed E-state index contributed by atoms with van der Waals surface area (Å²) in [6.45, 7) is -3.27. The van der Waals surface area contributed by atoms with E-state index in [1.807, 2.05) is 0 Å². The van der Waals surface area contributed by atoms with Crippen molar-refractivity contribution in [3.8, 4) is 0 Å². The number of rotatable bonds is 12. The number of ether oxygens (including phenoxy) is 6. The van der Waals surface area contributed by atoms with Crippen LogP contribution >= 0.6 is 0 Å². The summed E-state index contributed by atoms with van der Waals surface area (Å²) in [6.07, 6.45) is -23.6. The van der Waals surface area contributed by atoms with Crippen LogP contribution in [-0.2, 0) is 28.4 Å². The number of hydrogen-bond donors (Lipinski definition) is 12. The molecule has 0 amide bonds. The third kappa shape index (κ3) is 7.61. The summed E-state index contributed by atoms with van der Waals surface area (Å²) in [6, 6.07) is 0. The highest BCUT2D eigenvalue weighted by Crippen LogP contribution is 2.26. The third-order valence-electron chi connectivity index (χ3n) is 7.03. The van der Waals surface area contributed by atoms with Gasteiger partial charge in [0.15, 0.2) is 18.9 Å². The summed E-state index contributed by atoms with van der Waals surface area (Å²) < 4.78 is 32.4. The molecule has 3 heterocycles. The van der Waals surface area contributed by atoms with E-state index in [1.54, 1.807) is 0 Å². The Morgan fingerprint density at radius 2 is 0.650 bits per heavy atom. The fourth-order valence-electron chi connectivity index (χ4n) is 4.45. The van der Waals surface area contributed by atoms with Crippen LogP contribution in [0.3, 0.4) is 0 Å². The van der Waals surface area contributed by atoms with Crippen molar-refractivity contribution in [1.29, 1.82) is 0 Å². The summed E-state index contributed by atoms with van der Waals surface area (Å²) in [4.78, 5) is 0. The molecule has 18 nitrogen and oxygen atoms in total. The molecule has 0 aromatic heterocycles. The standard InChI is InChI=1S/C22H40O18/c23-1-8-11(26)14(29)17(32)20(38-8)35-4-7(5-36-21-18(33)15(30)12(27)9(2-24)39-21)6-37-22-19(34)16(31)13(28)10(3-25)40-22/h7-34H,1-6H2/t7?,8-,9-,10-,11+,12+,13+,14+,15+,16+,17-,18-,19-,20?,21?,22?/m1/s1. The Balaban J connectivity index is 1.67. The Hall–Kier alpha value is -0.720. The van der Waals surface area contributed by atoms with Gasteiger partial charge in [-0.2, -0.15) is 0 Å². The maximum absolute atomic E-state index is 10.2. The van der Waals surface area contributed by atoms with Gasteiger partial charge in [0.25, 0.3) is 0 Å². The van der Waals surface area contributed by atoms with Crippen LogP contribution < -0.4 is 0 Å². The van der Waals surface area contributed by atoms with Gasteiger partial charge in [0, 0.05) is 5.92 Å². The van der Waals surface area contributed by atoms with Crippen molar-refractivity contribution in [3.63, 3.8) is 0 Å². The maximum atomic E-state index is 10.2. The first kappa shape index (κ1) is 33.8. The lowest BCUT2D eigenvalue weighted by molar-refractivity contribution is -0.321. The van der Waals surface area contributed by atoms with Crippen LogP contribution in [0.1, 0.15) is 0 Å². The van der Waals surface area contributed by atoms with E-state index in [0.717, 1.165) is 0 Å². The molecular weight excluding hydrogens is 552 g/mol. The highest BCUT2D eigenvalue weighted by Gasteiger charge is 2.47. The average molecular weight is 593 g/mol. The molecule has 3 aliphatic rings. The fourth-order valence-corrected chi connectivity index (χ4v) is 4.45. The van der Waals surface area contributed by atoms with E-state index < -0.39 is 138 Å². The lowest BCUT2D eigenvalue weighted by atomic mass is 9.99. The van der Waals surface area contributed by atoms with Gasteiger partial charge in [0.1, 0.15) is 73.2 Å². The molecule has 18 heteroatoms. The molecule has 15 atom stereocenters. The molecule has 0 aromatic carbocycles. The molecule has 0 bridgehead atoms. The van der Waals surface area contributed by atoms with Crippen LogP contribution in [0, 0.1) is 5.92 Å². The van der Waals surface area contributed by atoms with E-state index in [-0.39, 0.29) is 0 Å². The molecule has 40 heavy (non-hydrogen) atoms. The summed E-state index contributed by atoms with van der Waals surface area (Å²) in [7, 11) is 0. The molecule has 3 fully saturated rings. The molecule has 3 unspecified atom stereocenters. The first-order valence-electron chi connectivity index (χ1n) is 12.7. The van der Waals surface area contributed by atoms with Crippen LogP contribution in [0.25, 0.3) is 0 Å². The Labute approximate surface area is 228 Å². The normalized spacial score (nSPS) is 47.2. The van der Waals surface area contributed by atoms with E-state index in [4.69, 9.17) is 28.4 Å². The van der Waals surface area contributed by atoms with Gasteiger partial charge in [-0.25, -0.2) is 0 Å². The highest BCUT2D eigenvalue weighted by atomic mass is 16.7. The number of hydrogen-bond acceptors (Lipinski definition) is 18. The van der Waals surface area contributed by atoms with Gasteiger partial charge >= 0.3 is 0 Å². The van der Waals surface area contributed by atoms with Crippen LogP contribution in [-0.4, -0.2) is 193 Å². The molecule has 0 saturated carbocycles. The molecule has 236 valence electrons. The topological polar surface area (TPSA) is 298 Å². The van der Waals surface area contributed by atoms with Crippen molar-refractivity contribution in [2.45, 2.75) is 92.1 Å². The maximum Gasteiger partial charge on any atom is 0.186 e. The summed E-state index contributed by atoms with van der Waals surface area (Å²) in [5.74, 6) is -0.896. The van der Waals surface area contributed by atoms with Crippen molar-refractivity contribution in [2.75, 3.05) is 39.6 Å². The smallest absolute Gasteiger partial charge is 0.186 e. The molecule has 0 spiro atoms. The van der Waals surface area contributed by atoms with E-state index in [0.29, 0.717) is 0 Å². The minimum atomic E-state index is -1.73. The zero-order valence-corrected chi connectivity index (χ0v) is 21.3. The van der Waals surface area contributed by atoms with Crippen LogP contribution in [0.5, 0.6) is 0 Å². The van der Waals surface area contributed by atoms with E-state index in [2.05, 4.69) is 0 Å². The molecule has 3 aliphatic heterocycles. The fraction of sp³-hybridized carbons (Fsp3) is 1.00. The molecular formula is C22H40O18. The predicted molar refractivity (Wildman–Crippen MR) is 123 cm³/mol. The average Bonchev–Trinajstić information content (AvgIpc) is 2.95. The van der Waals surface area contributed by atoms with Crippen molar-refractivity contribution >= 4 is 0 Å². The Kier molecular flexibility index (Phi) is 12.8. The first-order valence-corrected chi connectivity index (χ1v) is 12.7. The van der Waals surface area contributed by atoms with Crippen molar-refractivity contribution in [3.05, 3.63) is 0 Å². The Morgan fingerprint density at radius 3 is 0.875 bits per heavy atom. The van der Waals surface area contributed by atoms with E-state index >= 15 is 0 Å². The minimum absolute atomic E-state index is 0.391. The predicted octanol–water partition coefficient (Wildman–Crippen LogP) is -7.95. The van der Waals surface area contributed by atoms with Crippen molar-refractivity contribution in [2.24, 2.45) is 5.92 Å². The highest BCUT2D eigenvalue weighted by molar-refractivity contribution is 4.91. The minimum Gasteiger partial charge on any atom is -0.394 e. The van der Waals surface area contributed by atoms with E-state index in [9.17, 15) is 61.3 Å². The van der Waals surface area contributed by atoms with Crippen molar-refractivity contribution in [1.82, 2.24) is 0 Å². The van der Waals surface area contributed by atoms with Gasteiger partial charge in [-0.05, 0) is 0 Å². The third-order valence-corrected chi connectivity index (χ3v) is 7.03. The largest absolute Gasteiger partial charge is 0.394 e. The Morgan fingerprint density at radius 1 is 0.400 bits per heavy atom. The van der Waals surface area contributed by atoms with Gasteiger partial charge in [-0.15, -0.1) is 0 Å². The SMILES string of the molecule is OC[C@H]1OC(OCC(COC2O[C@H](CO)[C@H](O)[C@H](O)[C@H]2O)COC2O[C@H](CO)[C@H](O)[C@H](O)[C@H]2O)[C@H](O)[C@@H](O)[C@H]1O. The second kappa shape index (κ2) is 15.1. The van der Waals surface area contributed by atoms with Crippen molar-refractivity contribution < 1.29 is 89.7 Å². The lowest BCUT2D eigenvalue weighted by Crippen LogP contribution is -2.60. The molecule has 0 aliphatic carbocycles. The zero-order chi connectivity index (χ0) is 29.7. The Bertz CT molecular complexity index is 647. The van der Waals surface area contributed by atoms with Crippen LogP contribution in [0.4, 0.5) is 0 Å². The monoisotopic (exact) mass is 592 g/mol. The van der Waals surface area contributed by atoms with Gasteiger partial charge < -0.3 is 89.7 Å². The molecule has 0 radical (unpaired) electrons. The quantitative estimate of drug-likeness (QED) is 0.100. The number of aliphatic hydroxyl groups excluding tert-OH is 12. The van der Waals surface area contributed by atoms with Crippen LogP contribution in [0.2, 0.25) is 0 Å². The zero-order valence-electron chi connectivity index (χ0n) is 21.3. The molecule has 3 rings (SSSR count). The second-order valence-corrected chi connectivity index (χ2v) is 9.96. The second-order valence-electron chi connectivity index (χ2n) is 9.96. The number of aliphatic hydroxyl groups is 12. The molecule has 3 saturated heterocycles.